The number of carbonyl (C=O) groups is 1. The summed E-state index contributed by atoms with van der Waals surface area (Å²) >= 11 is 1.96. The van der Waals surface area contributed by atoms with Crippen LogP contribution in [0.5, 0.6) is 17.2 Å². The molecule has 9 heteroatoms. The normalized spacial score (nSPS) is 16.2. The lowest BCUT2D eigenvalue weighted by Crippen LogP contribution is -2.31. The van der Waals surface area contributed by atoms with Crippen molar-refractivity contribution in [3.05, 3.63) is 47.5 Å². The van der Waals surface area contributed by atoms with Crippen LogP contribution in [0.15, 0.2) is 41.3 Å². The minimum Gasteiger partial charge on any atom is -0.496 e. The Morgan fingerprint density at radius 1 is 1.10 bits per heavy atom. The number of halogens is 2. The van der Waals surface area contributed by atoms with Crippen LogP contribution in [0.2, 0.25) is 0 Å². The Morgan fingerprint density at radius 2 is 1.76 bits per heavy atom. The van der Waals surface area contributed by atoms with Gasteiger partial charge in [0.05, 0.1) is 26.9 Å². The van der Waals surface area contributed by atoms with Crippen molar-refractivity contribution in [2.75, 3.05) is 33.6 Å². The van der Waals surface area contributed by atoms with Gasteiger partial charge in [0.2, 0.25) is 0 Å². The van der Waals surface area contributed by atoms with Gasteiger partial charge in [-0.15, -0.1) is 11.8 Å². The van der Waals surface area contributed by atoms with Gasteiger partial charge < -0.3 is 19.1 Å². The molecular weight excluding hydrogens is 420 g/mol. The highest BCUT2D eigenvalue weighted by atomic mass is 32.2. The Hall–Kier alpha value is -2.13. The number of amides is 1. The number of nitrogens with zero attached hydrogens (tertiary/aromatic N) is 1. The van der Waals surface area contributed by atoms with E-state index in [-0.39, 0.29) is 21.7 Å². The van der Waals surface area contributed by atoms with Crippen LogP contribution in [0, 0.1) is 0 Å². The number of hydrogen-bond acceptors (Lipinski definition) is 6. The lowest BCUT2D eigenvalue weighted by molar-refractivity contribution is 0.0755. The fourth-order valence-corrected chi connectivity index (χ4v) is 5.08. The van der Waals surface area contributed by atoms with E-state index >= 15 is 0 Å². The summed E-state index contributed by atoms with van der Waals surface area (Å²) in [7, 11) is 4.62. The molecule has 0 bridgehead atoms. The van der Waals surface area contributed by atoms with E-state index in [0.717, 1.165) is 11.3 Å². The summed E-state index contributed by atoms with van der Waals surface area (Å²) in [5, 5.41) is -0.332. The average Bonchev–Trinajstić information content (AvgIpc) is 3.21. The molecule has 1 aliphatic rings. The van der Waals surface area contributed by atoms with Crippen LogP contribution in [0.4, 0.5) is 8.78 Å². The smallest absolute Gasteiger partial charge is 0.288 e. The molecule has 1 heterocycles. The zero-order valence-corrected chi connectivity index (χ0v) is 17.8. The molecule has 1 saturated heterocycles. The molecule has 0 aliphatic carbocycles. The highest BCUT2D eigenvalue weighted by Crippen LogP contribution is 2.46. The van der Waals surface area contributed by atoms with Crippen LogP contribution >= 0.6 is 23.5 Å². The molecule has 156 valence electrons. The second-order valence-corrected chi connectivity index (χ2v) is 8.27. The number of rotatable bonds is 7. The standard InChI is InChI=1S/C20H21F2NO4S2/c1-25-14-11-16(27-3)15(26-2)10-13(14)19-23(8-9-28-19)18(24)12-6-4-5-7-17(12)29-20(21)22/h4-7,10-11,19-20H,8-9H2,1-3H3. The largest absolute Gasteiger partial charge is 0.496 e. The van der Waals surface area contributed by atoms with Gasteiger partial charge in [-0.2, -0.15) is 8.78 Å². The molecule has 5 nitrogen and oxygen atoms in total. The summed E-state index contributed by atoms with van der Waals surface area (Å²) < 4.78 is 42.1. The molecule has 2 aromatic rings. The molecule has 3 rings (SSSR count). The average molecular weight is 442 g/mol. The van der Waals surface area contributed by atoms with Crippen molar-refractivity contribution in [3.8, 4) is 17.2 Å². The third-order valence-corrected chi connectivity index (χ3v) is 6.52. The van der Waals surface area contributed by atoms with Crippen LogP contribution in [0.25, 0.3) is 0 Å². The van der Waals surface area contributed by atoms with E-state index in [1.165, 1.54) is 14.2 Å². The molecule has 0 spiro atoms. The van der Waals surface area contributed by atoms with Gasteiger partial charge in [0, 0.05) is 28.8 Å². The Morgan fingerprint density at radius 3 is 2.41 bits per heavy atom. The second kappa shape index (κ2) is 9.58. The van der Waals surface area contributed by atoms with Gasteiger partial charge in [-0.25, -0.2) is 0 Å². The van der Waals surface area contributed by atoms with E-state index in [0.29, 0.717) is 35.6 Å². The van der Waals surface area contributed by atoms with E-state index in [9.17, 15) is 13.6 Å². The molecule has 29 heavy (non-hydrogen) atoms. The fraction of sp³-hybridized carbons (Fsp3) is 0.350. The monoisotopic (exact) mass is 441 g/mol. The molecule has 0 radical (unpaired) electrons. The van der Waals surface area contributed by atoms with Crippen molar-refractivity contribution in [1.82, 2.24) is 4.90 Å². The maximum atomic E-state index is 13.3. The van der Waals surface area contributed by atoms with Gasteiger partial charge in [-0.05, 0) is 18.2 Å². The Labute approximate surface area is 176 Å². The third-order valence-electron chi connectivity index (χ3n) is 4.49. The van der Waals surface area contributed by atoms with Crippen molar-refractivity contribution >= 4 is 29.4 Å². The quantitative estimate of drug-likeness (QED) is 0.569. The maximum Gasteiger partial charge on any atom is 0.288 e. The Kier molecular flexibility index (Phi) is 7.13. The fourth-order valence-electron chi connectivity index (χ4n) is 3.18. The minimum absolute atomic E-state index is 0.266. The highest BCUT2D eigenvalue weighted by molar-refractivity contribution is 8.00. The van der Waals surface area contributed by atoms with Crippen molar-refractivity contribution in [2.24, 2.45) is 0 Å². The summed E-state index contributed by atoms with van der Waals surface area (Å²) in [5.41, 5.74) is 1.03. The predicted octanol–water partition coefficient (Wildman–Crippen LogP) is 4.91. The van der Waals surface area contributed by atoms with Gasteiger partial charge in [0.25, 0.3) is 11.7 Å². The Bertz CT molecular complexity index is 882. The van der Waals surface area contributed by atoms with Crippen LogP contribution in [0.3, 0.4) is 0 Å². The molecule has 1 atom stereocenters. The van der Waals surface area contributed by atoms with E-state index in [4.69, 9.17) is 14.2 Å². The molecule has 1 unspecified atom stereocenters. The number of ether oxygens (including phenoxy) is 3. The van der Waals surface area contributed by atoms with Gasteiger partial charge in [0.15, 0.2) is 11.5 Å². The molecule has 1 amide bonds. The zero-order chi connectivity index (χ0) is 21.0. The van der Waals surface area contributed by atoms with Crippen LogP contribution < -0.4 is 14.2 Å². The third kappa shape index (κ3) is 4.56. The molecule has 1 aliphatic heterocycles. The van der Waals surface area contributed by atoms with Gasteiger partial charge in [-0.3, -0.25) is 4.79 Å². The van der Waals surface area contributed by atoms with Crippen molar-refractivity contribution in [1.29, 1.82) is 0 Å². The number of methoxy groups -OCH3 is 3. The molecular formula is C20H21F2NO4S2. The lowest BCUT2D eigenvalue weighted by atomic mass is 10.1. The molecule has 0 saturated carbocycles. The SMILES string of the molecule is COc1cc(OC)c(C2SCCN2C(=O)c2ccccc2SC(F)F)cc1OC. The summed E-state index contributed by atoms with van der Waals surface area (Å²) in [6.07, 6.45) is 0. The van der Waals surface area contributed by atoms with Crippen molar-refractivity contribution in [3.63, 3.8) is 0 Å². The van der Waals surface area contributed by atoms with Gasteiger partial charge >= 0.3 is 0 Å². The van der Waals surface area contributed by atoms with Crippen LogP contribution in [-0.4, -0.2) is 50.2 Å². The zero-order valence-electron chi connectivity index (χ0n) is 16.2. The first kappa shape index (κ1) is 21.6. The lowest BCUT2D eigenvalue weighted by Gasteiger charge is -2.27. The predicted molar refractivity (Wildman–Crippen MR) is 111 cm³/mol. The van der Waals surface area contributed by atoms with Crippen molar-refractivity contribution in [2.45, 2.75) is 16.0 Å². The summed E-state index contributed by atoms with van der Waals surface area (Å²) in [4.78, 5) is 15.2. The minimum atomic E-state index is -2.60. The van der Waals surface area contributed by atoms with Gasteiger partial charge in [-0.1, -0.05) is 23.9 Å². The number of thioether (sulfide) groups is 2. The van der Waals surface area contributed by atoms with Gasteiger partial charge in [0.1, 0.15) is 11.1 Å². The highest BCUT2D eigenvalue weighted by Gasteiger charge is 2.35. The van der Waals surface area contributed by atoms with E-state index in [1.54, 1.807) is 60.2 Å². The Balaban J connectivity index is 1.98. The number of alkyl halides is 2. The van der Waals surface area contributed by atoms with Crippen molar-refractivity contribution < 1.29 is 27.8 Å². The first-order valence-electron chi connectivity index (χ1n) is 8.76. The molecule has 2 aromatic carbocycles. The summed E-state index contributed by atoms with van der Waals surface area (Å²) in [5.74, 6) is -0.559. The first-order chi connectivity index (χ1) is 14.0. The van der Waals surface area contributed by atoms with Crippen LogP contribution in [0.1, 0.15) is 21.3 Å². The maximum absolute atomic E-state index is 13.3. The molecule has 0 N–H and O–H groups in total. The number of benzene rings is 2. The summed E-state index contributed by atoms with van der Waals surface area (Å²) in [6.45, 7) is 0.499. The summed E-state index contributed by atoms with van der Waals surface area (Å²) in [6, 6.07) is 9.96. The van der Waals surface area contributed by atoms with E-state index < -0.39 is 5.76 Å². The van der Waals surface area contributed by atoms with E-state index in [2.05, 4.69) is 0 Å². The van der Waals surface area contributed by atoms with E-state index in [1.807, 2.05) is 0 Å². The first-order valence-corrected chi connectivity index (χ1v) is 10.7. The second-order valence-electron chi connectivity index (χ2n) is 6.05. The molecule has 1 fully saturated rings. The van der Waals surface area contributed by atoms with Crippen LogP contribution in [-0.2, 0) is 0 Å². The molecule has 0 aromatic heterocycles. The topological polar surface area (TPSA) is 48.0 Å². The number of hydrogen-bond donors (Lipinski definition) is 0. The number of carbonyl (C=O) groups excluding carboxylic acids is 1.